The third kappa shape index (κ3) is 5.38. The Hall–Kier alpha value is -0.580. The minimum Gasteiger partial charge on any atom is -0.380 e. The average Bonchev–Trinajstić information content (AvgIpc) is 2.36. The number of hydrogen-bond acceptors (Lipinski definition) is 2. The molecule has 0 spiro atoms. The summed E-state index contributed by atoms with van der Waals surface area (Å²) < 4.78 is 6.13. The van der Waals surface area contributed by atoms with E-state index in [0.29, 0.717) is 31.2 Å². The van der Waals surface area contributed by atoms with Gasteiger partial charge in [0, 0.05) is 29.1 Å². The molecule has 3 nitrogen and oxygen atoms in total. The Kier molecular flexibility index (Phi) is 7.32. The molecule has 0 bridgehead atoms. The van der Waals surface area contributed by atoms with Crippen LogP contribution in [-0.4, -0.2) is 31.5 Å². The highest BCUT2D eigenvalue weighted by Crippen LogP contribution is 2.15. The van der Waals surface area contributed by atoms with Crippen molar-refractivity contribution in [3.63, 3.8) is 0 Å². The van der Waals surface area contributed by atoms with E-state index in [-0.39, 0.29) is 5.91 Å². The molecule has 0 heterocycles. The van der Waals surface area contributed by atoms with E-state index >= 15 is 0 Å². The highest BCUT2D eigenvalue weighted by Gasteiger charge is 2.08. The molecule has 0 aliphatic heterocycles. The molecule has 1 amide bonds. The molecule has 0 radical (unpaired) electrons. The molecule has 100 valence electrons. The van der Waals surface area contributed by atoms with Gasteiger partial charge in [0.1, 0.15) is 0 Å². The smallest absolute Gasteiger partial charge is 0.251 e. The molecule has 1 rings (SSSR count). The first-order chi connectivity index (χ1) is 8.65. The average molecular weight is 335 g/mol. The van der Waals surface area contributed by atoms with E-state index in [9.17, 15) is 4.79 Å². The first-order valence-electron chi connectivity index (χ1n) is 5.83. The van der Waals surface area contributed by atoms with Crippen molar-refractivity contribution in [2.75, 3.05) is 25.6 Å². The molecular formula is C13H17BrClNO2. The largest absolute Gasteiger partial charge is 0.380 e. The van der Waals surface area contributed by atoms with Gasteiger partial charge in [0.05, 0.1) is 6.61 Å². The Balaban J connectivity index is 2.34. The quantitative estimate of drug-likeness (QED) is 0.614. The molecular weight excluding hydrogens is 318 g/mol. The Morgan fingerprint density at radius 3 is 2.94 bits per heavy atom. The van der Waals surface area contributed by atoms with Gasteiger partial charge in [0.25, 0.3) is 5.91 Å². The van der Waals surface area contributed by atoms with Crippen molar-refractivity contribution in [2.24, 2.45) is 0 Å². The second-order valence-electron chi connectivity index (χ2n) is 3.87. The highest BCUT2D eigenvalue weighted by atomic mass is 79.9. The van der Waals surface area contributed by atoms with Crippen molar-refractivity contribution < 1.29 is 9.53 Å². The summed E-state index contributed by atoms with van der Waals surface area (Å²) in [6.07, 6.45) is 0.787. The van der Waals surface area contributed by atoms with E-state index in [1.807, 2.05) is 25.1 Å². The van der Waals surface area contributed by atoms with Crippen LogP contribution < -0.4 is 5.32 Å². The van der Waals surface area contributed by atoms with Gasteiger partial charge in [0.2, 0.25) is 0 Å². The van der Waals surface area contributed by atoms with Crippen LogP contribution in [0.25, 0.3) is 0 Å². The Morgan fingerprint density at radius 2 is 2.22 bits per heavy atom. The summed E-state index contributed by atoms with van der Waals surface area (Å²) in [5.74, 6) is 0.454. The first-order valence-corrected chi connectivity index (χ1v) is 7.16. The number of halogens is 2. The van der Waals surface area contributed by atoms with Crippen LogP contribution in [0, 0.1) is 6.92 Å². The zero-order valence-corrected chi connectivity index (χ0v) is 12.7. The van der Waals surface area contributed by atoms with Gasteiger partial charge in [-0.1, -0.05) is 22.0 Å². The van der Waals surface area contributed by atoms with Crippen LogP contribution in [0.5, 0.6) is 0 Å². The maximum Gasteiger partial charge on any atom is 0.251 e. The Bertz CT molecular complexity index is 399. The van der Waals surface area contributed by atoms with Gasteiger partial charge < -0.3 is 10.1 Å². The lowest BCUT2D eigenvalue weighted by Gasteiger charge is -2.08. The number of hydrogen-bond donors (Lipinski definition) is 1. The van der Waals surface area contributed by atoms with E-state index in [2.05, 4.69) is 21.2 Å². The lowest BCUT2D eigenvalue weighted by Crippen LogP contribution is -2.26. The van der Waals surface area contributed by atoms with Crippen molar-refractivity contribution in [2.45, 2.75) is 13.3 Å². The van der Waals surface area contributed by atoms with Crippen LogP contribution in [-0.2, 0) is 4.74 Å². The summed E-state index contributed by atoms with van der Waals surface area (Å²) in [6.45, 7) is 3.70. The summed E-state index contributed by atoms with van der Waals surface area (Å²) in [7, 11) is 0. The standard InChI is InChI=1S/C13H17BrClNO2/c1-10-3-4-11(14)9-12(10)13(17)16-6-2-7-18-8-5-15/h3-4,9H,2,5-8H2,1H3,(H,16,17). The minimum absolute atomic E-state index is 0.0499. The molecule has 5 heteroatoms. The van der Waals surface area contributed by atoms with E-state index in [0.717, 1.165) is 16.5 Å². The van der Waals surface area contributed by atoms with Crippen molar-refractivity contribution in [1.29, 1.82) is 0 Å². The van der Waals surface area contributed by atoms with Gasteiger partial charge >= 0.3 is 0 Å². The number of alkyl halides is 1. The maximum atomic E-state index is 11.9. The number of aryl methyl sites for hydroxylation is 1. The first kappa shape index (κ1) is 15.5. The van der Waals surface area contributed by atoms with Crippen molar-refractivity contribution >= 4 is 33.4 Å². The molecule has 0 unspecified atom stereocenters. The Labute approximate surface area is 121 Å². The zero-order chi connectivity index (χ0) is 13.4. The third-order valence-electron chi connectivity index (χ3n) is 2.42. The zero-order valence-electron chi connectivity index (χ0n) is 10.3. The van der Waals surface area contributed by atoms with Gasteiger partial charge in [-0.05, 0) is 31.0 Å². The number of benzene rings is 1. The molecule has 0 aliphatic rings. The van der Waals surface area contributed by atoms with Crippen LogP contribution in [0.15, 0.2) is 22.7 Å². The molecule has 0 aromatic heterocycles. The van der Waals surface area contributed by atoms with Gasteiger partial charge in [-0.2, -0.15) is 0 Å². The summed E-state index contributed by atoms with van der Waals surface area (Å²) in [6, 6.07) is 5.67. The van der Waals surface area contributed by atoms with E-state index in [4.69, 9.17) is 16.3 Å². The highest BCUT2D eigenvalue weighted by molar-refractivity contribution is 9.10. The van der Waals surface area contributed by atoms with Crippen LogP contribution in [0.1, 0.15) is 22.3 Å². The van der Waals surface area contributed by atoms with Gasteiger partial charge in [0.15, 0.2) is 0 Å². The molecule has 0 saturated carbocycles. The second kappa shape index (κ2) is 8.51. The molecule has 0 saturated heterocycles. The monoisotopic (exact) mass is 333 g/mol. The summed E-state index contributed by atoms with van der Waals surface area (Å²) >= 11 is 8.84. The van der Waals surface area contributed by atoms with Gasteiger partial charge in [-0.15, -0.1) is 11.6 Å². The summed E-state index contributed by atoms with van der Waals surface area (Å²) in [4.78, 5) is 11.9. The molecule has 1 N–H and O–H groups in total. The summed E-state index contributed by atoms with van der Waals surface area (Å²) in [5.41, 5.74) is 1.67. The minimum atomic E-state index is -0.0499. The molecule has 1 aromatic carbocycles. The Morgan fingerprint density at radius 1 is 1.44 bits per heavy atom. The molecule has 0 atom stereocenters. The topological polar surface area (TPSA) is 38.3 Å². The predicted octanol–water partition coefficient (Wildman–Crippen LogP) is 3.13. The number of carbonyl (C=O) groups excluding carboxylic acids is 1. The van der Waals surface area contributed by atoms with Gasteiger partial charge in [-0.25, -0.2) is 0 Å². The summed E-state index contributed by atoms with van der Waals surface area (Å²) in [5, 5.41) is 2.87. The van der Waals surface area contributed by atoms with Crippen molar-refractivity contribution in [3.05, 3.63) is 33.8 Å². The third-order valence-corrected chi connectivity index (χ3v) is 3.06. The van der Waals surface area contributed by atoms with Crippen LogP contribution in [0.4, 0.5) is 0 Å². The van der Waals surface area contributed by atoms with E-state index in [1.54, 1.807) is 0 Å². The molecule has 18 heavy (non-hydrogen) atoms. The molecule has 0 fully saturated rings. The van der Waals surface area contributed by atoms with Crippen molar-refractivity contribution in [1.82, 2.24) is 5.32 Å². The van der Waals surface area contributed by atoms with E-state index in [1.165, 1.54) is 0 Å². The normalized spacial score (nSPS) is 10.4. The number of rotatable bonds is 7. The fourth-order valence-corrected chi connectivity index (χ4v) is 1.94. The lowest BCUT2D eigenvalue weighted by atomic mass is 10.1. The molecule has 0 aliphatic carbocycles. The van der Waals surface area contributed by atoms with E-state index < -0.39 is 0 Å². The second-order valence-corrected chi connectivity index (χ2v) is 5.16. The fourth-order valence-electron chi connectivity index (χ4n) is 1.47. The number of nitrogens with one attached hydrogen (secondary N) is 1. The van der Waals surface area contributed by atoms with Crippen LogP contribution in [0.2, 0.25) is 0 Å². The number of amides is 1. The van der Waals surface area contributed by atoms with Crippen LogP contribution >= 0.6 is 27.5 Å². The van der Waals surface area contributed by atoms with Crippen molar-refractivity contribution in [3.8, 4) is 0 Å². The molecule has 1 aromatic rings. The SMILES string of the molecule is Cc1ccc(Br)cc1C(=O)NCCCOCCCl. The maximum absolute atomic E-state index is 11.9. The van der Waals surface area contributed by atoms with Crippen LogP contribution in [0.3, 0.4) is 0 Å². The van der Waals surface area contributed by atoms with Gasteiger partial charge in [-0.3, -0.25) is 4.79 Å². The lowest BCUT2D eigenvalue weighted by molar-refractivity contribution is 0.0944. The fraction of sp³-hybridized carbons (Fsp3) is 0.462. The number of ether oxygens (including phenoxy) is 1. The number of carbonyl (C=O) groups is 1. The predicted molar refractivity (Wildman–Crippen MR) is 77.4 cm³/mol.